The number of aromatic nitrogens is 3. The van der Waals surface area contributed by atoms with Gasteiger partial charge in [-0.15, -0.1) is 0 Å². The lowest BCUT2D eigenvalue weighted by molar-refractivity contribution is 0.327. The SMILES string of the molecule is CC.Cc1ccccc1-c1cc(NC2CCN(S(=O)(=O)c3ccc(C)c(C)c3O)CC2)n2ncc(Br)c2n1. The molecule has 0 atom stereocenters. The lowest BCUT2D eigenvalue weighted by atomic mass is 10.0. The van der Waals surface area contributed by atoms with Crippen LogP contribution in [-0.2, 0) is 10.0 Å². The first-order valence-corrected chi connectivity index (χ1v) is 15.1. The van der Waals surface area contributed by atoms with Crippen molar-refractivity contribution in [1.82, 2.24) is 18.9 Å². The van der Waals surface area contributed by atoms with Gasteiger partial charge in [0.2, 0.25) is 10.0 Å². The number of piperidine rings is 1. The van der Waals surface area contributed by atoms with E-state index in [0.717, 1.165) is 32.7 Å². The van der Waals surface area contributed by atoms with E-state index in [4.69, 9.17) is 4.98 Å². The Hall–Kier alpha value is -2.95. The first kappa shape index (κ1) is 28.1. The molecule has 1 aliphatic rings. The molecule has 0 bridgehead atoms. The minimum absolute atomic E-state index is 0.0304. The number of phenols is 1. The maximum absolute atomic E-state index is 13.3. The molecule has 5 rings (SSSR count). The van der Waals surface area contributed by atoms with Crippen molar-refractivity contribution in [3.8, 4) is 17.0 Å². The summed E-state index contributed by atoms with van der Waals surface area (Å²) in [5, 5.41) is 18.5. The van der Waals surface area contributed by atoms with Crippen LogP contribution in [0.1, 0.15) is 43.4 Å². The third kappa shape index (κ3) is 5.30. The van der Waals surface area contributed by atoms with E-state index in [1.807, 2.05) is 45.0 Å². The number of hydrogen-bond acceptors (Lipinski definition) is 6. The molecule has 8 nitrogen and oxygen atoms in total. The second-order valence-electron chi connectivity index (χ2n) is 9.25. The predicted molar refractivity (Wildman–Crippen MR) is 155 cm³/mol. The van der Waals surface area contributed by atoms with Crippen molar-refractivity contribution in [3.63, 3.8) is 0 Å². The second kappa shape index (κ2) is 11.4. The molecule has 1 aliphatic heterocycles. The number of sulfonamides is 1. The number of anilines is 1. The molecule has 1 saturated heterocycles. The van der Waals surface area contributed by atoms with E-state index < -0.39 is 10.0 Å². The van der Waals surface area contributed by atoms with Gasteiger partial charge in [0, 0.05) is 30.8 Å². The molecule has 2 aromatic carbocycles. The summed E-state index contributed by atoms with van der Waals surface area (Å²) in [6.45, 7) is 10.3. The first-order valence-electron chi connectivity index (χ1n) is 12.8. The van der Waals surface area contributed by atoms with Gasteiger partial charge in [0.15, 0.2) is 5.65 Å². The van der Waals surface area contributed by atoms with Crippen LogP contribution in [0.25, 0.3) is 16.9 Å². The summed E-state index contributed by atoms with van der Waals surface area (Å²) in [5.41, 5.74) is 5.17. The molecule has 0 radical (unpaired) electrons. The number of halogens is 1. The summed E-state index contributed by atoms with van der Waals surface area (Å²) in [6, 6.07) is 13.4. The van der Waals surface area contributed by atoms with Crippen molar-refractivity contribution in [2.24, 2.45) is 0 Å². The molecule has 2 N–H and O–H groups in total. The normalized spacial score (nSPS) is 14.8. The zero-order chi connectivity index (χ0) is 27.6. The lowest BCUT2D eigenvalue weighted by Crippen LogP contribution is -2.42. The van der Waals surface area contributed by atoms with Crippen LogP contribution in [0.2, 0.25) is 0 Å². The number of nitrogens with one attached hydrogen (secondary N) is 1. The molecular weight excluding hydrogens is 566 g/mol. The molecule has 0 unspecified atom stereocenters. The summed E-state index contributed by atoms with van der Waals surface area (Å²) < 4.78 is 30.6. The maximum Gasteiger partial charge on any atom is 0.246 e. The Labute approximate surface area is 232 Å². The average Bonchev–Trinajstić information content (AvgIpc) is 3.29. The monoisotopic (exact) mass is 599 g/mol. The van der Waals surface area contributed by atoms with E-state index in [1.165, 1.54) is 10.4 Å². The zero-order valence-corrected chi connectivity index (χ0v) is 24.8. The lowest BCUT2D eigenvalue weighted by Gasteiger charge is -2.32. The van der Waals surface area contributed by atoms with Crippen molar-refractivity contribution < 1.29 is 13.5 Å². The Balaban J connectivity index is 0.00000164. The number of fused-ring (bicyclic) bond motifs is 1. The van der Waals surface area contributed by atoms with Crippen molar-refractivity contribution >= 4 is 37.4 Å². The quantitative estimate of drug-likeness (QED) is 0.288. The van der Waals surface area contributed by atoms with Crippen molar-refractivity contribution in [1.29, 1.82) is 0 Å². The zero-order valence-electron chi connectivity index (χ0n) is 22.4. The number of benzene rings is 2. The van der Waals surface area contributed by atoms with Gasteiger partial charge in [0.25, 0.3) is 0 Å². The fourth-order valence-corrected chi connectivity index (χ4v) is 6.57. The van der Waals surface area contributed by atoms with Crippen LogP contribution in [0.4, 0.5) is 5.82 Å². The molecule has 0 aliphatic carbocycles. The first-order chi connectivity index (χ1) is 18.2. The minimum Gasteiger partial charge on any atom is -0.506 e. The van der Waals surface area contributed by atoms with Crippen molar-refractivity contribution in [2.75, 3.05) is 18.4 Å². The Kier molecular flexibility index (Phi) is 8.44. The summed E-state index contributed by atoms with van der Waals surface area (Å²) in [5.74, 6) is 0.638. The van der Waals surface area contributed by atoms with Gasteiger partial charge in [-0.2, -0.15) is 13.9 Å². The van der Waals surface area contributed by atoms with E-state index in [0.29, 0.717) is 37.1 Å². The number of rotatable bonds is 5. The van der Waals surface area contributed by atoms with E-state index >= 15 is 0 Å². The third-order valence-corrected chi connectivity index (χ3v) is 9.43. The number of nitrogens with zero attached hydrogens (tertiary/aromatic N) is 4. The molecule has 4 aromatic rings. The Morgan fingerprint density at radius 1 is 1.03 bits per heavy atom. The number of aryl methyl sites for hydroxylation is 2. The molecule has 0 spiro atoms. The molecule has 0 amide bonds. The van der Waals surface area contributed by atoms with Gasteiger partial charge in [0.05, 0.1) is 16.4 Å². The summed E-state index contributed by atoms with van der Waals surface area (Å²) in [6.07, 6.45) is 2.97. The van der Waals surface area contributed by atoms with Crippen molar-refractivity contribution in [3.05, 3.63) is 69.8 Å². The average molecular weight is 601 g/mol. The van der Waals surface area contributed by atoms with Crippen LogP contribution in [0.15, 0.2) is 58.0 Å². The summed E-state index contributed by atoms with van der Waals surface area (Å²) >= 11 is 3.55. The predicted octanol–water partition coefficient (Wildman–Crippen LogP) is 6.08. The van der Waals surface area contributed by atoms with Gasteiger partial charge >= 0.3 is 0 Å². The number of hydrogen-bond donors (Lipinski definition) is 2. The maximum atomic E-state index is 13.3. The van der Waals surface area contributed by atoms with Crippen LogP contribution in [0, 0.1) is 20.8 Å². The fraction of sp³-hybridized carbons (Fsp3) is 0.357. The van der Waals surface area contributed by atoms with Crippen LogP contribution >= 0.6 is 15.9 Å². The Morgan fingerprint density at radius 3 is 2.39 bits per heavy atom. The highest BCUT2D eigenvalue weighted by Gasteiger charge is 2.32. The van der Waals surface area contributed by atoms with Crippen molar-refractivity contribution in [2.45, 2.75) is 58.4 Å². The third-order valence-electron chi connectivity index (χ3n) is 6.94. The van der Waals surface area contributed by atoms with Gasteiger partial charge in [-0.25, -0.2) is 13.4 Å². The molecule has 0 saturated carbocycles. The fourth-order valence-electron chi connectivity index (χ4n) is 4.61. The topological polar surface area (TPSA) is 99.8 Å². The molecule has 10 heteroatoms. The Morgan fingerprint density at radius 2 is 1.71 bits per heavy atom. The molecule has 3 heterocycles. The van der Waals surface area contributed by atoms with Crippen LogP contribution in [-0.4, -0.2) is 51.6 Å². The highest BCUT2D eigenvalue weighted by atomic mass is 79.9. The Bertz CT molecular complexity index is 1560. The van der Waals surface area contributed by atoms with Crippen LogP contribution in [0.3, 0.4) is 0 Å². The summed E-state index contributed by atoms with van der Waals surface area (Å²) in [7, 11) is -3.79. The molecule has 202 valence electrons. The van der Waals surface area contributed by atoms with Gasteiger partial charge in [-0.3, -0.25) is 0 Å². The minimum atomic E-state index is -3.79. The summed E-state index contributed by atoms with van der Waals surface area (Å²) in [4.78, 5) is 4.79. The molecule has 38 heavy (non-hydrogen) atoms. The molecular formula is C28H34BrN5O3S. The second-order valence-corrected chi connectivity index (χ2v) is 12.0. The smallest absolute Gasteiger partial charge is 0.246 e. The molecule has 1 fully saturated rings. The van der Waals surface area contributed by atoms with Crippen LogP contribution < -0.4 is 5.32 Å². The van der Waals surface area contributed by atoms with E-state index in [-0.39, 0.29) is 16.7 Å². The van der Waals surface area contributed by atoms with E-state index in [1.54, 1.807) is 23.7 Å². The molecule has 2 aromatic heterocycles. The van der Waals surface area contributed by atoms with Gasteiger partial charge < -0.3 is 10.4 Å². The largest absolute Gasteiger partial charge is 0.506 e. The highest BCUT2D eigenvalue weighted by Crippen LogP contribution is 2.33. The van der Waals surface area contributed by atoms with E-state index in [2.05, 4.69) is 39.3 Å². The van der Waals surface area contributed by atoms with Gasteiger partial charge in [-0.1, -0.05) is 44.2 Å². The van der Waals surface area contributed by atoms with Crippen LogP contribution in [0.5, 0.6) is 5.75 Å². The highest BCUT2D eigenvalue weighted by molar-refractivity contribution is 9.10. The standard InChI is InChI=1S/C26H28BrN5O3S.C2H6/c1-16-8-9-23(25(33)18(16)3)36(34,35)31-12-10-19(11-13-31)29-24-14-22(20-7-5-4-6-17(20)2)30-26-21(27)15-28-32(24)26;1-2/h4-9,14-15,19,29,33H,10-13H2,1-3H3;1-2H3. The van der Waals surface area contributed by atoms with Gasteiger partial charge in [-0.05, 0) is 72.3 Å². The van der Waals surface area contributed by atoms with Gasteiger partial charge in [0.1, 0.15) is 16.5 Å². The number of phenolic OH excluding ortho intramolecular Hbond substituents is 1. The number of aromatic hydroxyl groups is 1. The van der Waals surface area contributed by atoms with E-state index in [9.17, 15) is 13.5 Å².